The molecule has 74 valence electrons. The van der Waals surface area contributed by atoms with Crippen molar-refractivity contribution in [3.05, 3.63) is 36.2 Å². The molecular formula is C9H7N5O. The third-order valence-corrected chi connectivity index (χ3v) is 1.73. The Balaban J connectivity index is 2.02. The molecule has 6 nitrogen and oxygen atoms in total. The van der Waals surface area contributed by atoms with Crippen molar-refractivity contribution in [2.24, 2.45) is 0 Å². The molecule has 0 aliphatic carbocycles. The highest BCUT2D eigenvalue weighted by Crippen LogP contribution is 2.07. The first-order chi connectivity index (χ1) is 7.38. The quantitative estimate of drug-likeness (QED) is 0.795. The largest absolute Gasteiger partial charge is 0.377 e. The van der Waals surface area contributed by atoms with Crippen molar-refractivity contribution in [1.29, 1.82) is 5.26 Å². The van der Waals surface area contributed by atoms with Crippen LogP contribution in [0.15, 0.2) is 29.2 Å². The van der Waals surface area contributed by atoms with Crippen LogP contribution in [0, 0.1) is 11.3 Å². The Hall–Kier alpha value is -2.42. The van der Waals surface area contributed by atoms with Crippen molar-refractivity contribution in [3.8, 4) is 6.07 Å². The standard InChI is InChI=1S/C9H7N5O/c10-4-8-3-7(1-2-11-8)12-5-9-13-6-15-14-9/h1-3,6H,5H2,(H,11,12). The zero-order valence-electron chi connectivity index (χ0n) is 7.71. The van der Waals surface area contributed by atoms with Gasteiger partial charge in [0, 0.05) is 11.9 Å². The fourth-order valence-electron chi connectivity index (χ4n) is 1.05. The second-order valence-corrected chi connectivity index (χ2v) is 2.74. The van der Waals surface area contributed by atoms with Crippen LogP contribution >= 0.6 is 0 Å². The van der Waals surface area contributed by atoms with E-state index >= 15 is 0 Å². The summed E-state index contributed by atoms with van der Waals surface area (Å²) in [7, 11) is 0. The van der Waals surface area contributed by atoms with Gasteiger partial charge in [-0.1, -0.05) is 5.16 Å². The highest BCUT2D eigenvalue weighted by atomic mass is 16.5. The Labute approximate surface area is 85.6 Å². The molecule has 0 radical (unpaired) electrons. The molecule has 0 atom stereocenters. The van der Waals surface area contributed by atoms with Crippen LogP contribution in [0.2, 0.25) is 0 Å². The molecule has 0 aliphatic heterocycles. The third kappa shape index (κ3) is 2.28. The Morgan fingerprint density at radius 1 is 1.47 bits per heavy atom. The van der Waals surface area contributed by atoms with E-state index in [9.17, 15) is 0 Å². The van der Waals surface area contributed by atoms with Gasteiger partial charge < -0.3 is 9.84 Å². The first-order valence-corrected chi connectivity index (χ1v) is 4.24. The lowest BCUT2D eigenvalue weighted by Crippen LogP contribution is -2.01. The summed E-state index contributed by atoms with van der Waals surface area (Å²) < 4.78 is 4.58. The van der Waals surface area contributed by atoms with Gasteiger partial charge in [0.25, 0.3) is 0 Å². The van der Waals surface area contributed by atoms with E-state index in [-0.39, 0.29) is 0 Å². The molecule has 0 fully saturated rings. The summed E-state index contributed by atoms with van der Waals surface area (Å²) in [5.74, 6) is 0.560. The fraction of sp³-hybridized carbons (Fsp3) is 0.111. The van der Waals surface area contributed by atoms with Crippen molar-refractivity contribution < 1.29 is 4.52 Å². The summed E-state index contributed by atoms with van der Waals surface area (Å²) in [6.45, 7) is 0.450. The van der Waals surface area contributed by atoms with Gasteiger partial charge in [-0.25, -0.2) is 4.98 Å². The Kier molecular flexibility index (Phi) is 2.56. The number of rotatable bonds is 3. The minimum Gasteiger partial charge on any atom is -0.377 e. The fourth-order valence-corrected chi connectivity index (χ4v) is 1.05. The number of anilines is 1. The Bertz CT molecular complexity index is 473. The van der Waals surface area contributed by atoms with Crippen molar-refractivity contribution in [2.75, 3.05) is 5.32 Å². The molecule has 15 heavy (non-hydrogen) atoms. The van der Waals surface area contributed by atoms with Gasteiger partial charge in [-0.15, -0.1) is 0 Å². The number of hydrogen-bond donors (Lipinski definition) is 1. The zero-order valence-corrected chi connectivity index (χ0v) is 7.71. The average Bonchev–Trinajstić information content (AvgIpc) is 2.79. The van der Waals surface area contributed by atoms with Crippen LogP contribution in [0.3, 0.4) is 0 Å². The molecule has 1 N–H and O–H groups in total. The molecule has 0 aliphatic rings. The number of nitrogens with zero attached hydrogens (tertiary/aromatic N) is 4. The molecule has 0 saturated heterocycles. The number of pyridine rings is 1. The first-order valence-electron chi connectivity index (χ1n) is 4.24. The molecular weight excluding hydrogens is 194 g/mol. The van der Waals surface area contributed by atoms with E-state index in [1.54, 1.807) is 18.3 Å². The van der Waals surface area contributed by atoms with Gasteiger partial charge in [0.05, 0.1) is 6.54 Å². The van der Waals surface area contributed by atoms with Crippen LogP contribution in [-0.4, -0.2) is 15.1 Å². The van der Waals surface area contributed by atoms with Crippen molar-refractivity contribution in [3.63, 3.8) is 0 Å². The molecule has 2 heterocycles. The molecule has 0 spiro atoms. The summed E-state index contributed by atoms with van der Waals surface area (Å²) in [6.07, 6.45) is 2.83. The van der Waals surface area contributed by atoms with Gasteiger partial charge in [0.1, 0.15) is 11.8 Å². The van der Waals surface area contributed by atoms with E-state index < -0.39 is 0 Å². The monoisotopic (exact) mass is 201 g/mol. The van der Waals surface area contributed by atoms with E-state index in [4.69, 9.17) is 5.26 Å². The number of hydrogen-bond acceptors (Lipinski definition) is 6. The lowest BCUT2D eigenvalue weighted by molar-refractivity contribution is 0.411. The number of aromatic nitrogens is 3. The van der Waals surface area contributed by atoms with E-state index in [0.717, 1.165) is 5.69 Å². The highest BCUT2D eigenvalue weighted by molar-refractivity contribution is 5.45. The minimum atomic E-state index is 0.369. The molecule has 0 unspecified atom stereocenters. The second kappa shape index (κ2) is 4.19. The summed E-state index contributed by atoms with van der Waals surface area (Å²) in [4.78, 5) is 7.70. The highest BCUT2D eigenvalue weighted by Gasteiger charge is 1.99. The molecule has 0 amide bonds. The van der Waals surface area contributed by atoms with Gasteiger partial charge in [0.15, 0.2) is 5.82 Å². The number of nitriles is 1. The van der Waals surface area contributed by atoms with Gasteiger partial charge in [0.2, 0.25) is 6.39 Å². The molecule has 0 aromatic carbocycles. The first kappa shape index (κ1) is 9.15. The minimum absolute atomic E-state index is 0.369. The van der Waals surface area contributed by atoms with E-state index in [0.29, 0.717) is 18.1 Å². The van der Waals surface area contributed by atoms with Gasteiger partial charge in [-0.3, -0.25) is 0 Å². The maximum Gasteiger partial charge on any atom is 0.213 e. The third-order valence-electron chi connectivity index (χ3n) is 1.73. The van der Waals surface area contributed by atoms with Crippen LogP contribution in [0.1, 0.15) is 11.5 Å². The van der Waals surface area contributed by atoms with Gasteiger partial charge >= 0.3 is 0 Å². The number of nitrogens with one attached hydrogen (secondary N) is 1. The van der Waals surface area contributed by atoms with Crippen molar-refractivity contribution in [2.45, 2.75) is 6.54 Å². The average molecular weight is 201 g/mol. The van der Waals surface area contributed by atoms with Crippen LogP contribution in [0.4, 0.5) is 5.69 Å². The topological polar surface area (TPSA) is 87.6 Å². The predicted molar refractivity (Wildman–Crippen MR) is 50.6 cm³/mol. The molecule has 2 rings (SSSR count). The molecule has 0 saturated carbocycles. The normalized spacial score (nSPS) is 9.53. The molecule has 2 aromatic heterocycles. The van der Waals surface area contributed by atoms with Crippen LogP contribution in [0.5, 0.6) is 0 Å². The van der Waals surface area contributed by atoms with Gasteiger partial charge in [-0.05, 0) is 12.1 Å². The Morgan fingerprint density at radius 2 is 2.40 bits per heavy atom. The second-order valence-electron chi connectivity index (χ2n) is 2.74. The van der Waals surface area contributed by atoms with E-state index in [2.05, 4.69) is 25.0 Å². The van der Waals surface area contributed by atoms with Crippen molar-refractivity contribution in [1.82, 2.24) is 15.1 Å². The Morgan fingerprint density at radius 3 is 3.13 bits per heavy atom. The summed E-state index contributed by atoms with van der Waals surface area (Å²) in [5.41, 5.74) is 1.17. The predicted octanol–water partition coefficient (Wildman–Crippen LogP) is 0.948. The maximum atomic E-state index is 8.63. The van der Waals surface area contributed by atoms with E-state index in [1.165, 1.54) is 6.39 Å². The maximum absolute atomic E-state index is 8.63. The van der Waals surface area contributed by atoms with Crippen LogP contribution in [0.25, 0.3) is 0 Å². The SMILES string of the molecule is N#Cc1cc(NCc2ncon2)ccn1. The lowest BCUT2D eigenvalue weighted by atomic mass is 10.3. The van der Waals surface area contributed by atoms with Crippen LogP contribution < -0.4 is 5.32 Å². The lowest BCUT2D eigenvalue weighted by Gasteiger charge is -2.02. The molecule has 2 aromatic rings. The zero-order chi connectivity index (χ0) is 10.5. The smallest absolute Gasteiger partial charge is 0.213 e. The van der Waals surface area contributed by atoms with Crippen molar-refractivity contribution >= 4 is 5.69 Å². The van der Waals surface area contributed by atoms with Gasteiger partial charge in [-0.2, -0.15) is 10.2 Å². The molecule has 6 heteroatoms. The molecule has 0 bridgehead atoms. The van der Waals surface area contributed by atoms with Crippen LogP contribution in [-0.2, 0) is 6.54 Å². The summed E-state index contributed by atoms with van der Waals surface area (Å²) >= 11 is 0. The summed E-state index contributed by atoms with van der Waals surface area (Å²) in [6, 6.07) is 5.38. The summed E-state index contributed by atoms with van der Waals surface area (Å²) in [5, 5.41) is 15.3. The van der Waals surface area contributed by atoms with E-state index in [1.807, 2.05) is 6.07 Å².